The number of carbonyl (C=O) groups is 2. The van der Waals surface area contributed by atoms with Gasteiger partial charge >= 0.3 is 11.9 Å². The number of ether oxygens (including phenoxy) is 3. The van der Waals surface area contributed by atoms with Gasteiger partial charge in [-0.1, -0.05) is 31.5 Å². The van der Waals surface area contributed by atoms with Gasteiger partial charge in [-0.05, 0) is 36.1 Å². The third kappa shape index (κ3) is 4.77. The first-order valence-corrected chi connectivity index (χ1v) is 8.79. The van der Waals surface area contributed by atoms with Crippen LogP contribution in [0.1, 0.15) is 25.8 Å². The highest BCUT2D eigenvalue weighted by atomic mass is 35.5. The van der Waals surface area contributed by atoms with Gasteiger partial charge in [0.25, 0.3) is 0 Å². The van der Waals surface area contributed by atoms with E-state index < -0.39 is 18.1 Å². The van der Waals surface area contributed by atoms with Gasteiger partial charge in [0.1, 0.15) is 11.8 Å². The summed E-state index contributed by atoms with van der Waals surface area (Å²) in [5, 5.41) is 3.68. The predicted molar refractivity (Wildman–Crippen MR) is 99.1 cm³/mol. The van der Waals surface area contributed by atoms with Crippen molar-refractivity contribution < 1.29 is 23.8 Å². The lowest BCUT2D eigenvalue weighted by Crippen LogP contribution is -2.43. The van der Waals surface area contributed by atoms with Crippen LogP contribution in [0.25, 0.3) is 6.08 Å². The van der Waals surface area contributed by atoms with Crippen LogP contribution >= 0.6 is 11.6 Å². The van der Waals surface area contributed by atoms with E-state index in [0.29, 0.717) is 34.2 Å². The molecule has 0 bridgehead atoms. The molecule has 0 aliphatic carbocycles. The molecule has 1 aromatic carbocycles. The fourth-order valence-corrected chi connectivity index (χ4v) is 3.01. The van der Waals surface area contributed by atoms with Gasteiger partial charge in [0.05, 0.1) is 19.2 Å². The van der Waals surface area contributed by atoms with Gasteiger partial charge in [-0.25, -0.2) is 4.79 Å². The molecule has 2 rings (SSSR count). The maximum Gasteiger partial charge on any atom is 0.351 e. The van der Waals surface area contributed by atoms with Crippen molar-refractivity contribution in [1.29, 1.82) is 0 Å². The summed E-state index contributed by atoms with van der Waals surface area (Å²) in [5.41, 5.74) is 1.33. The Labute approximate surface area is 158 Å². The van der Waals surface area contributed by atoms with Crippen LogP contribution in [0.15, 0.2) is 23.8 Å². The fourth-order valence-electron chi connectivity index (χ4n) is 2.79. The zero-order valence-electron chi connectivity index (χ0n) is 15.4. The maximum absolute atomic E-state index is 12.1. The van der Waals surface area contributed by atoms with Crippen LogP contribution in [-0.4, -0.2) is 44.8 Å². The van der Waals surface area contributed by atoms with Crippen LogP contribution in [-0.2, 0) is 19.1 Å². The van der Waals surface area contributed by atoms with Gasteiger partial charge in [-0.2, -0.15) is 0 Å². The average molecular weight is 382 g/mol. The first-order valence-electron chi connectivity index (χ1n) is 8.42. The van der Waals surface area contributed by atoms with E-state index in [0.717, 1.165) is 0 Å². The molecule has 0 spiro atoms. The number of esters is 2. The normalized spacial score (nSPS) is 17.0. The van der Waals surface area contributed by atoms with Crippen LogP contribution in [0.3, 0.4) is 0 Å². The molecule has 0 aromatic heterocycles. The molecule has 7 heteroatoms. The Kier molecular flexibility index (Phi) is 7.06. The molecule has 26 heavy (non-hydrogen) atoms. The highest BCUT2D eigenvalue weighted by Gasteiger charge is 2.32. The second kappa shape index (κ2) is 9.05. The van der Waals surface area contributed by atoms with E-state index >= 15 is 0 Å². The summed E-state index contributed by atoms with van der Waals surface area (Å²) in [6.07, 6.45) is 1.52. The predicted octanol–water partition coefficient (Wildman–Crippen LogP) is 2.83. The van der Waals surface area contributed by atoms with E-state index in [1.54, 1.807) is 24.3 Å². The number of hydrogen-bond acceptors (Lipinski definition) is 6. The van der Waals surface area contributed by atoms with Crippen LogP contribution < -0.4 is 10.1 Å². The zero-order valence-corrected chi connectivity index (χ0v) is 16.1. The topological polar surface area (TPSA) is 73.9 Å². The van der Waals surface area contributed by atoms with E-state index in [1.165, 1.54) is 14.2 Å². The number of hydrogen-bond donors (Lipinski definition) is 1. The highest BCUT2D eigenvalue weighted by Crippen LogP contribution is 2.34. The summed E-state index contributed by atoms with van der Waals surface area (Å²) in [5.74, 6) is -0.0376. The Hall–Kier alpha value is -2.05. The van der Waals surface area contributed by atoms with E-state index in [4.69, 9.17) is 25.8 Å². The molecule has 2 atom stereocenters. The molecule has 0 fully saturated rings. The Morgan fingerprint density at radius 2 is 2.00 bits per heavy atom. The number of carbonyl (C=O) groups excluding carboxylic acids is 2. The Morgan fingerprint density at radius 1 is 1.27 bits per heavy atom. The quantitative estimate of drug-likeness (QED) is 0.732. The van der Waals surface area contributed by atoms with Gasteiger partial charge in [-0.3, -0.25) is 4.79 Å². The van der Waals surface area contributed by atoms with Crippen LogP contribution in [0.4, 0.5) is 0 Å². The van der Waals surface area contributed by atoms with Crippen molar-refractivity contribution in [3.05, 3.63) is 34.4 Å². The maximum atomic E-state index is 12.1. The van der Waals surface area contributed by atoms with E-state index in [9.17, 15) is 9.59 Å². The van der Waals surface area contributed by atoms with Gasteiger partial charge < -0.3 is 19.5 Å². The highest BCUT2D eigenvalue weighted by molar-refractivity contribution is 6.32. The van der Waals surface area contributed by atoms with Gasteiger partial charge in [-0.15, -0.1) is 0 Å². The number of nitrogens with one attached hydrogen (secondary N) is 1. The minimum atomic E-state index is -0.893. The number of methoxy groups -OCH3 is 2. The number of fused-ring (bicyclic) bond motifs is 1. The van der Waals surface area contributed by atoms with Crippen LogP contribution in [0, 0.1) is 5.92 Å². The lowest BCUT2D eigenvalue weighted by molar-refractivity contribution is -0.147. The molecule has 1 aliphatic heterocycles. The molecule has 0 amide bonds. The standard InChI is InChI=1S/C19H24ClNO5/c1-11(2)8-15(18(22)24-3)21-10-12-9-13-14(20)6-5-7-16(13)26-17(12)19(23)25-4/h5-7,9,11,15,17,21H,8,10H2,1-4H3/t15-,17?/m0/s1. The summed E-state index contributed by atoms with van der Waals surface area (Å²) in [6, 6.07) is 4.77. The first-order chi connectivity index (χ1) is 12.4. The summed E-state index contributed by atoms with van der Waals surface area (Å²) in [6.45, 7) is 4.30. The molecule has 0 saturated heterocycles. The molecule has 1 heterocycles. The molecule has 1 unspecified atom stereocenters. The minimum absolute atomic E-state index is 0.261. The number of halogens is 1. The molecular weight excluding hydrogens is 358 g/mol. The van der Waals surface area contributed by atoms with Crippen LogP contribution in [0.2, 0.25) is 5.02 Å². The lowest BCUT2D eigenvalue weighted by Gasteiger charge is -2.27. The van der Waals surface area contributed by atoms with Crippen molar-refractivity contribution in [1.82, 2.24) is 5.32 Å². The lowest BCUT2D eigenvalue weighted by atomic mass is 9.99. The van der Waals surface area contributed by atoms with Gasteiger partial charge in [0.15, 0.2) is 0 Å². The summed E-state index contributed by atoms with van der Waals surface area (Å²) in [7, 11) is 2.66. The monoisotopic (exact) mass is 381 g/mol. The molecule has 142 valence electrons. The molecule has 1 aromatic rings. The Bertz CT molecular complexity index is 701. The smallest absolute Gasteiger partial charge is 0.351 e. The van der Waals surface area contributed by atoms with Crippen molar-refractivity contribution in [2.45, 2.75) is 32.4 Å². The SMILES string of the molecule is COC(=O)C1Oc2cccc(Cl)c2C=C1CN[C@@H](CC(C)C)C(=O)OC. The first kappa shape index (κ1) is 20.3. The minimum Gasteiger partial charge on any atom is -0.474 e. The number of benzene rings is 1. The van der Waals surface area contributed by atoms with Crippen molar-refractivity contribution in [2.75, 3.05) is 20.8 Å². The van der Waals surface area contributed by atoms with Crippen molar-refractivity contribution >= 4 is 29.6 Å². The molecule has 6 nitrogen and oxygen atoms in total. The molecular formula is C19H24ClNO5. The number of rotatable bonds is 7. The third-order valence-corrected chi connectivity index (χ3v) is 4.41. The summed E-state index contributed by atoms with van der Waals surface area (Å²) >= 11 is 6.24. The zero-order chi connectivity index (χ0) is 19.3. The van der Waals surface area contributed by atoms with Crippen molar-refractivity contribution in [3.63, 3.8) is 0 Å². The fraction of sp³-hybridized carbons (Fsp3) is 0.474. The van der Waals surface area contributed by atoms with Crippen LogP contribution in [0.5, 0.6) is 5.75 Å². The average Bonchev–Trinajstić information content (AvgIpc) is 2.63. The van der Waals surface area contributed by atoms with E-state index in [1.807, 2.05) is 13.8 Å². The largest absolute Gasteiger partial charge is 0.474 e. The van der Waals surface area contributed by atoms with Crippen molar-refractivity contribution in [2.24, 2.45) is 5.92 Å². The second-order valence-electron chi connectivity index (χ2n) is 6.48. The molecule has 0 radical (unpaired) electrons. The Morgan fingerprint density at radius 3 is 2.62 bits per heavy atom. The molecule has 1 N–H and O–H groups in total. The molecule has 1 aliphatic rings. The van der Waals surface area contributed by atoms with Gasteiger partial charge in [0, 0.05) is 12.1 Å². The molecule has 0 saturated carbocycles. The summed E-state index contributed by atoms with van der Waals surface area (Å²) < 4.78 is 15.5. The summed E-state index contributed by atoms with van der Waals surface area (Å²) in [4.78, 5) is 24.1. The second-order valence-corrected chi connectivity index (χ2v) is 6.89. The van der Waals surface area contributed by atoms with E-state index in [-0.39, 0.29) is 12.5 Å². The third-order valence-electron chi connectivity index (χ3n) is 4.08. The van der Waals surface area contributed by atoms with Gasteiger partial charge in [0.2, 0.25) is 6.10 Å². The Balaban J connectivity index is 2.26. The van der Waals surface area contributed by atoms with Crippen molar-refractivity contribution in [3.8, 4) is 5.75 Å². The van der Waals surface area contributed by atoms with E-state index in [2.05, 4.69) is 5.32 Å².